The molecule has 4 rings (SSSR count). The van der Waals surface area contributed by atoms with Crippen molar-refractivity contribution >= 4 is 40.4 Å². The average molecular weight is 417 g/mol. The van der Waals surface area contributed by atoms with Crippen molar-refractivity contribution in [1.82, 2.24) is 0 Å². The minimum atomic E-state index is -0.343. The molecule has 1 aliphatic heterocycles. The molecule has 0 saturated heterocycles. The van der Waals surface area contributed by atoms with Crippen molar-refractivity contribution in [3.05, 3.63) is 100 Å². The Morgan fingerprint density at radius 1 is 0.833 bits per heavy atom. The summed E-state index contributed by atoms with van der Waals surface area (Å²) in [4.78, 5) is 30.3. The van der Waals surface area contributed by atoms with E-state index >= 15 is 0 Å². The molecule has 0 aliphatic carbocycles. The fourth-order valence-electron chi connectivity index (χ4n) is 3.67. The summed E-state index contributed by atoms with van der Waals surface area (Å²) in [7, 11) is 1.80. The van der Waals surface area contributed by atoms with Crippen molar-refractivity contribution < 1.29 is 9.59 Å². The van der Waals surface area contributed by atoms with E-state index in [-0.39, 0.29) is 11.8 Å². The highest BCUT2D eigenvalue weighted by Crippen LogP contribution is 2.37. The summed E-state index contributed by atoms with van der Waals surface area (Å²) in [6.45, 7) is 3.84. The second-order valence-corrected chi connectivity index (χ2v) is 7.80. The Labute approximate surface area is 181 Å². The number of likely N-dealkylation sites (N-methyl/N-ethyl adjacent to an activating group) is 1. The number of benzene rings is 3. The van der Waals surface area contributed by atoms with Gasteiger partial charge >= 0.3 is 0 Å². The molecule has 2 amide bonds. The number of hydrogen-bond donors (Lipinski definition) is 0. The predicted molar refractivity (Wildman–Crippen MR) is 122 cm³/mol. The maximum Gasteiger partial charge on any atom is 0.282 e. The highest BCUT2D eigenvalue weighted by atomic mass is 35.5. The second kappa shape index (κ2) is 7.81. The molecule has 0 radical (unpaired) electrons. The van der Waals surface area contributed by atoms with E-state index in [0.717, 1.165) is 16.8 Å². The van der Waals surface area contributed by atoms with E-state index in [1.807, 2.05) is 62.4 Å². The van der Waals surface area contributed by atoms with Gasteiger partial charge in [-0.1, -0.05) is 54.1 Å². The third-order valence-electron chi connectivity index (χ3n) is 5.28. The number of carbonyl (C=O) groups excluding carboxylic acids is 2. The number of amides is 2. The molecule has 3 aromatic carbocycles. The Morgan fingerprint density at radius 2 is 1.50 bits per heavy atom. The topological polar surface area (TPSA) is 40.6 Å². The number of para-hydroxylation sites is 1. The molecule has 3 aromatic rings. The Balaban J connectivity index is 1.90. The van der Waals surface area contributed by atoms with E-state index in [1.165, 1.54) is 4.90 Å². The number of nitrogens with zero attached hydrogens (tertiary/aromatic N) is 2. The van der Waals surface area contributed by atoms with Gasteiger partial charge in [0.15, 0.2) is 0 Å². The zero-order valence-electron chi connectivity index (χ0n) is 17.0. The summed E-state index contributed by atoms with van der Waals surface area (Å²) in [5, 5.41) is 0.570. The summed E-state index contributed by atoms with van der Waals surface area (Å²) < 4.78 is 0. The predicted octanol–water partition coefficient (Wildman–Crippen LogP) is 5.38. The number of carbonyl (C=O) groups is 2. The van der Waals surface area contributed by atoms with Crippen molar-refractivity contribution in [1.29, 1.82) is 0 Å². The normalized spacial score (nSPS) is 13.9. The quantitative estimate of drug-likeness (QED) is 0.536. The van der Waals surface area contributed by atoms with E-state index in [2.05, 4.69) is 0 Å². The maximum atomic E-state index is 13.6. The third-order valence-corrected chi connectivity index (χ3v) is 5.53. The molecule has 1 heterocycles. The standard InChI is InChI=1S/C25H21ClN2O2/c1-16-9-10-17(2)21(15-16)28-24(29)22(18-11-13-19(26)14-12-18)23(25(28)30)27(3)20-7-5-4-6-8-20/h4-15H,1-3H3. The SMILES string of the molecule is Cc1ccc(C)c(N2C(=O)C(c3ccc(Cl)cc3)=C(N(C)c3ccccc3)C2=O)c1. The van der Waals surface area contributed by atoms with Crippen LogP contribution >= 0.6 is 11.6 Å². The van der Waals surface area contributed by atoms with Crippen LogP contribution in [0.3, 0.4) is 0 Å². The van der Waals surface area contributed by atoms with Crippen LogP contribution in [0.2, 0.25) is 5.02 Å². The Morgan fingerprint density at radius 3 is 2.17 bits per heavy atom. The molecule has 0 N–H and O–H groups in total. The summed E-state index contributed by atoms with van der Waals surface area (Å²) >= 11 is 6.05. The largest absolute Gasteiger partial charge is 0.339 e. The lowest BCUT2D eigenvalue weighted by Crippen LogP contribution is -2.34. The lowest BCUT2D eigenvalue weighted by molar-refractivity contribution is -0.120. The van der Waals surface area contributed by atoms with Crippen LogP contribution in [0, 0.1) is 13.8 Å². The molecule has 0 atom stereocenters. The molecule has 4 nitrogen and oxygen atoms in total. The van der Waals surface area contributed by atoms with Crippen LogP contribution in [0.15, 0.2) is 78.5 Å². The molecule has 0 unspecified atom stereocenters. The summed E-state index contributed by atoms with van der Waals surface area (Å²) in [5.41, 5.74) is 4.63. The van der Waals surface area contributed by atoms with Gasteiger partial charge in [0.1, 0.15) is 5.70 Å². The van der Waals surface area contributed by atoms with Crippen LogP contribution in [0.25, 0.3) is 5.57 Å². The van der Waals surface area contributed by atoms with Gasteiger partial charge < -0.3 is 4.90 Å². The van der Waals surface area contributed by atoms with Gasteiger partial charge in [-0.15, -0.1) is 0 Å². The summed E-state index contributed by atoms with van der Waals surface area (Å²) in [6, 6.07) is 22.3. The lowest BCUT2D eigenvalue weighted by atomic mass is 10.0. The molecule has 0 aromatic heterocycles. The molecule has 0 spiro atoms. The first-order valence-corrected chi connectivity index (χ1v) is 10.0. The number of aryl methyl sites for hydroxylation is 2. The molecular weight excluding hydrogens is 396 g/mol. The van der Waals surface area contributed by atoms with Gasteiger partial charge in [0.25, 0.3) is 11.8 Å². The molecule has 0 bridgehead atoms. The van der Waals surface area contributed by atoms with Crippen molar-refractivity contribution in [3.63, 3.8) is 0 Å². The minimum Gasteiger partial charge on any atom is -0.339 e. The number of rotatable bonds is 4. The smallest absolute Gasteiger partial charge is 0.282 e. The summed E-state index contributed by atoms with van der Waals surface area (Å²) in [5.74, 6) is -0.682. The Kier molecular flexibility index (Phi) is 5.18. The van der Waals surface area contributed by atoms with Crippen LogP contribution in [-0.2, 0) is 9.59 Å². The lowest BCUT2D eigenvalue weighted by Gasteiger charge is -2.22. The van der Waals surface area contributed by atoms with Crippen molar-refractivity contribution in [2.45, 2.75) is 13.8 Å². The van der Waals surface area contributed by atoms with E-state index in [1.54, 1.807) is 36.2 Å². The minimum absolute atomic E-state index is 0.339. The maximum absolute atomic E-state index is 13.6. The highest BCUT2D eigenvalue weighted by molar-refractivity contribution is 6.46. The molecule has 0 fully saturated rings. The van der Waals surface area contributed by atoms with Crippen molar-refractivity contribution in [2.24, 2.45) is 0 Å². The zero-order chi connectivity index (χ0) is 21.4. The summed E-state index contributed by atoms with van der Waals surface area (Å²) in [6.07, 6.45) is 0. The second-order valence-electron chi connectivity index (χ2n) is 7.36. The monoisotopic (exact) mass is 416 g/mol. The zero-order valence-corrected chi connectivity index (χ0v) is 17.8. The highest BCUT2D eigenvalue weighted by Gasteiger charge is 2.42. The molecule has 1 aliphatic rings. The number of anilines is 2. The average Bonchev–Trinajstić information content (AvgIpc) is 3.00. The molecule has 150 valence electrons. The van der Waals surface area contributed by atoms with Crippen LogP contribution in [-0.4, -0.2) is 18.9 Å². The first kappa shape index (κ1) is 19.9. The number of hydrogen-bond acceptors (Lipinski definition) is 3. The van der Waals surface area contributed by atoms with E-state index in [4.69, 9.17) is 11.6 Å². The molecule has 5 heteroatoms. The van der Waals surface area contributed by atoms with Crippen LogP contribution in [0.1, 0.15) is 16.7 Å². The van der Waals surface area contributed by atoms with Crippen LogP contribution in [0.4, 0.5) is 11.4 Å². The van der Waals surface area contributed by atoms with Crippen LogP contribution < -0.4 is 9.80 Å². The van der Waals surface area contributed by atoms with Gasteiger partial charge in [-0.2, -0.15) is 0 Å². The Hall–Kier alpha value is -3.37. The molecule has 30 heavy (non-hydrogen) atoms. The van der Waals surface area contributed by atoms with Gasteiger partial charge in [0.2, 0.25) is 0 Å². The first-order chi connectivity index (χ1) is 14.4. The first-order valence-electron chi connectivity index (χ1n) is 9.63. The van der Waals surface area contributed by atoms with E-state index < -0.39 is 0 Å². The van der Waals surface area contributed by atoms with Gasteiger partial charge in [-0.25, -0.2) is 4.90 Å². The van der Waals surface area contributed by atoms with E-state index in [0.29, 0.717) is 27.5 Å². The molecular formula is C25H21ClN2O2. The van der Waals surface area contributed by atoms with Crippen LogP contribution in [0.5, 0.6) is 0 Å². The fraction of sp³-hybridized carbons (Fsp3) is 0.120. The van der Waals surface area contributed by atoms with Gasteiger partial charge in [-0.05, 0) is 60.9 Å². The fourth-order valence-corrected chi connectivity index (χ4v) is 3.79. The third kappa shape index (κ3) is 3.40. The van der Waals surface area contributed by atoms with Gasteiger partial charge in [0.05, 0.1) is 11.3 Å². The van der Waals surface area contributed by atoms with Gasteiger partial charge in [0, 0.05) is 17.8 Å². The number of halogens is 1. The molecule has 0 saturated carbocycles. The van der Waals surface area contributed by atoms with Gasteiger partial charge in [-0.3, -0.25) is 9.59 Å². The number of imide groups is 1. The van der Waals surface area contributed by atoms with E-state index in [9.17, 15) is 9.59 Å². The van der Waals surface area contributed by atoms with Crippen molar-refractivity contribution in [3.8, 4) is 0 Å². The Bertz CT molecular complexity index is 1170. The van der Waals surface area contributed by atoms with Crippen molar-refractivity contribution in [2.75, 3.05) is 16.8 Å².